The first kappa shape index (κ1) is 17.2. The van der Waals surface area contributed by atoms with Crippen LogP contribution < -0.4 is 10.5 Å². The summed E-state index contributed by atoms with van der Waals surface area (Å²) in [5.41, 5.74) is 5.05. The van der Waals surface area contributed by atoms with E-state index in [2.05, 4.69) is 0 Å². The number of aliphatic carboxylic acids is 1. The Bertz CT molecular complexity index is 701. The zero-order chi connectivity index (χ0) is 18.2. The molecule has 0 bridgehead atoms. The van der Waals surface area contributed by atoms with Crippen molar-refractivity contribution in [3.8, 4) is 5.75 Å². The molecular formula is C17H19NO7. The molecule has 0 radical (unpaired) electrons. The molecule has 3 N–H and O–H groups in total. The van der Waals surface area contributed by atoms with Crippen molar-refractivity contribution in [2.45, 2.75) is 18.4 Å². The second-order valence-corrected chi connectivity index (χ2v) is 6.34. The van der Waals surface area contributed by atoms with Crippen molar-refractivity contribution < 1.29 is 33.7 Å². The Balaban J connectivity index is 1.51. The average molecular weight is 349 g/mol. The van der Waals surface area contributed by atoms with Gasteiger partial charge in [-0.1, -0.05) is 0 Å². The molecule has 0 aliphatic heterocycles. The molecule has 0 unspecified atom stereocenters. The van der Waals surface area contributed by atoms with Gasteiger partial charge in [0.2, 0.25) is 6.79 Å². The van der Waals surface area contributed by atoms with Crippen LogP contribution in [0.4, 0.5) is 0 Å². The summed E-state index contributed by atoms with van der Waals surface area (Å²) in [5.74, 6) is -2.80. The van der Waals surface area contributed by atoms with Gasteiger partial charge in [0.15, 0.2) is 0 Å². The monoisotopic (exact) mass is 349 g/mol. The van der Waals surface area contributed by atoms with Crippen LogP contribution >= 0.6 is 0 Å². The fourth-order valence-corrected chi connectivity index (χ4v) is 3.66. The lowest BCUT2D eigenvalue weighted by atomic mass is 9.92. The lowest BCUT2D eigenvalue weighted by molar-refractivity contribution is -0.160. The Kier molecular flexibility index (Phi) is 4.38. The first-order chi connectivity index (χ1) is 11.9. The Hall–Kier alpha value is -2.61. The predicted molar refractivity (Wildman–Crippen MR) is 83.6 cm³/mol. The van der Waals surface area contributed by atoms with Crippen molar-refractivity contribution in [1.29, 1.82) is 0 Å². The molecule has 0 heterocycles. The number of hydrogen-bond acceptors (Lipinski definition) is 7. The van der Waals surface area contributed by atoms with Crippen LogP contribution in [0.3, 0.4) is 0 Å². The third-order valence-corrected chi connectivity index (χ3v) is 5.03. The maximum Gasteiger partial charge on any atom is 0.341 e. The van der Waals surface area contributed by atoms with E-state index in [1.165, 1.54) is 19.2 Å². The molecular weight excluding hydrogens is 330 g/mol. The fourth-order valence-electron chi connectivity index (χ4n) is 3.66. The molecule has 134 valence electrons. The highest BCUT2D eigenvalue weighted by atomic mass is 16.7. The SMILES string of the molecule is COc1ccc(C(=O)OCOC(=O)[C@]2(N)CC[C@H]3[C@H](C(=O)O)[C@H]32)cc1. The van der Waals surface area contributed by atoms with Crippen molar-refractivity contribution in [3.63, 3.8) is 0 Å². The quantitative estimate of drug-likeness (QED) is 0.570. The number of nitrogens with two attached hydrogens (primary N) is 1. The minimum Gasteiger partial charge on any atom is -0.497 e. The topological polar surface area (TPSA) is 125 Å². The number of carboxylic acids is 1. The second-order valence-electron chi connectivity index (χ2n) is 6.34. The van der Waals surface area contributed by atoms with Crippen LogP contribution in [0.15, 0.2) is 24.3 Å². The third kappa shape index (κ3) is 3.05. The van der Waals surface area contributed by atoms with Crippen molar-refractivity contribution in [2.24, 2.45) is 23.5 Å². The summed E-state index contributed by atoms with van der Waals surface area (Å²) >= 11 is 0. The molecule has 2 saturated carbocycles. The summed E-state index contributed by atoms with van der Waals surface area (Å²) in [6, 6.07) is 6.26. The van der Waals surface area contributed by atoms with Gasteiger partial charge in [-0.3, -0.25) is 4.79 Å². The van der Waals surface area contributed by atoms with Crippen molar-refractivity contribution in [2.75, 3.05) is 13.9 Å². The van der Waals surface area contributed by atoms with E-state index < -0.39 is 42.1 Å². The maximum absolute atomic E-state index is 12.2. The number of esters is 2. The number of benzene rings is 1. The molecule has 2 aliphatic rings. The number of fused-ring (bicyclic) bond motifs is 1. The van der Waals surface area contributed by atoms with E-state index in [-0.39, 0.29) is 11.5 Å². The van der Waals surface area contributed by atoms with E-state index in [4.69, 9.17) is 25.1 Å². The first-order valence-corrected chi connectivity index (χ1v) is 7.88. The molecule has 8 heteroatoms. The number of carbonyl (C=O) groups is 3. The van der Waals surface area contributed by atoms with Gasteiger partial charge in [0.1, 0.15) is 11.3 Å². The van der Waals surface area contributed by atoms with Gasteiger partial charge in [-0.25, -0.2) is 9.59 Å². The Morgan fingerprint density at radius 1 is 1.24 bits per heavy atom. The molecule has 8 nitrogen and oxygen atoms in total. The number of carboxylic acid groups (broad SMARTS) is 1. The summed E-state index contributed by atoms with van der Waals surface area (Å²) in [6.45, 7) is -0.572. The summed E-state index contributed by atoms with van der Waals surface area (Å²) in [6.07, 6.45) is 0.955. The van der Waals surface area contributed by atoms with Crippen LogP contribution in [0.2, 0.25) is 0 Å². The van der Waals surface area contributed by atoms with E-state index in [9.17, 15) is 14.4 Å². The van der Waals surface area contributed by atoms with Gasteiger partial charge in [-0.15, -0.1) is 0 Å². The van der Waals surface area contributed by atoms with E-state index in [0.29, 0.717) is 18.6 Å². The van der Waals surface area contributed by atoms with Crippen LogP contribution in [-0.2, 0) is 19.1 Å². The lowest BCUT2D eigenvalue weighted by Crippen LogP contribution is -2.50. The van der Waals surface area contributed by atoms with Gasteiger partial charge in [-0.05, 0) is 43.0 Å². The molecule has 25 heavy (non-hydrogen) atoms. The second kappa shape index (κ2) is 6.36. The highest BCUT2D eigenvalue weighted by molar-refractivity contribution is 5.90. The molecule has 0 spiro atoms. The van der Waals surface area contributed by atoms with Crippen molar-refractivity contribution in [1.82, 2.24) is 0 Å². The normalized spacial score (nSPS) is 29.4. The molecule has 3 rings (SSSR count). The molecule has 2 aliphatic carbocycles. The van der Waals surface area contributed by atoms with E-state index >= 15 is 0 Å². The molecule has 0 saturated heterocycles. The van der Waals surface area contributed by atoms with Crippen LogP contribution in [-0.4, -0.2) is 42.5 Å². The molecule has 1 aromatic rings. The standard InChI is InChI=1S/C17H19NO7/c1-23-10-4-2-9(3-5-10)15(21)24-8-25-16(22)17(18)7-6-11-12(13(11)17)14(19)20/h2-5,11-13H,6-8,18H2,1H3,(H,19,20)/t11-,12-,13-,17-/m0/s1. The van der Waals surface area contributed by atoms with Gasteiger partial charge in [-0.2, -0.15) is 0 Å². The van der Waals surface area contributed by atoms with Crippen LogP contribution in [0.25, 0.3) is 0 Å². The smallest absolute Gasteiger partial charge is 0.341 e. The summed E-state index contributed by atoms with van der Waals surface area (Å²) in [4.78, 5) is 35.2. The Labute approximate surface area is 143 Å². The molecule has 0 amide bonds. The number of carbonyl (C=O) groups excluding carboxylic acids is 2. The number of rotatable bonds is 6. The number of methoxy groups -OCH3 is 1. The molecule has 0 aromatic heterocycles. The van der Waals surface area contributed by atoms with Gasteiger partial charge in [0.05, 0.1) is 18.6 Å². The van der Waals surface area contributed by atoms with E-state index in [0.717, 1.165) is 0 Å². The Morgan fingerprint density at radius 3 is 2.48 bits per heavy atom. The van der Waals surface area contributed by atoms with Gasteiger partial charge < -0.3 is 25.1 Å². The first-order valence-electron chi connectivity index (χ1n) is 7.88. The fraction of sp³-hybridized carbons (Fsp3) is 0.471. The number of hydrogen-bond donors (Lipinski definition) is 2. The van der Waals surface area contributed by atoms with Gasteiger partial charge >= 0.3 is 17.9 Å². The molecule has 2 fully saturated rings. The van der Waals surface area contributed by atoms with E-state index in [1.807, 2.05) is 0 Å². The molecule has 4 atom stereocenters. The van der Waals surface area contributed by atoms with Crippen molar-refractivity contribution in [3.05, 3.63) is 29.8 Å². The average Bonchev–Trinajstić information content (AvgIpc) is 3.26. The maximum atomic E-state index is 12.2. The minimum atomic E-state index is -1.32. The molecule has 1 aromatic carbocycles. The van der Waals surface area contributed by atoms with Crippen LogP contribution in [0, 0.1) is 17.8 Å². The van der Waals surface area contributed by atoms with Crippen LogP contribution in [0.5, 0.6) is 5.75 Å². The van der Waals surface area contributed by atoms with Crippen LogP contribution in [0.1, 0.15) is 23.2 Å². The zero-order valence-corrected chi connectivity index (χ0v) is 13.6. The Morgan fingerprint density at radius 2 is 1.92 bits per heavy atom. The predicted octanol–water partition coefficient (Wildman–Crippen LogP) is 0.791. The highest BCUT2D eigenvalue weighted by Crippen LogP contribution is 2.61. The highest BCUT2D eigenvalue weighted by Gasteiger charge is 2.70. The number of ether oxygens (including phenoxy) is 3. The lowest BCUT2D eigenvalue weighted by Gasteiger charge is -2.24. The zero-order valence-electron chi connectivity index (χ0n) is 13.6. The summed E-state index contributed by atoms with van der Waals surface area (Å²) in [5, 5.41) is 9.10. The van der Waals surface area contributed by atoms with E-state index in [1.54, 1.807) is 12.1 Å². The van der Waals surface area contributed by atoms with Gasteiger partial charge in [0.25, 0.3) is 0 Å². The van der Waals surface area contributed by atoms with Gasteiger partial charge in [0, 0.05) is 5.92 Å². The summed E-state index contributed by atoms with van der Waals surface area (Å²) in [7, 11) is 1.51. The summed E-state index contributed by atoms with van der Waals surface area (Å²) < 4.78 is 14.9. The largest absolute Gasteiger partial charge is 0.497 e. The minimum absolute atomic E-state index is 0.0723. The van der Waals surface area contributed by atoms with Crippen molar-refractivity contribution >= 4 is 17.9 Å². The third-order valence-electron chi connectivity index (χ3n) is 5.03.